The Morgan fingerprint density at radius 1 is 0.848 bits per heavy atom. The van der Waals surface area contributed by atoms with E-state index in [1.165, 1.54) is 6.92 Å². The van der Waals surface area contributed by atoms with Crippen LogP contribution in [0, 0.1) is 20.8 Å². The summed E-state index contributed by atoms with van der Waals surface area (Å²) >= 11 is 0.867. The van der Waals surface area contributed by atoms with Crippen molar-refractivity contribution in [3.8, 4) is 0 Å². The number of hydrogen-bond acceptors (Lipinski definition) is 9. The molecule has 0 bridgehead atoms. The van der Waals surface area contributed by atoms with Crippen molar-refractivity contribution in [2.45, 2.75) is 41.5 Å². The molecule has 0 aliphatic rings. The van der Waals surface area contributed by atoms with Gasteiger partial charge in [-0.05, 0) is 52.7 Å². The van der Waals surface area contributed by atoms with Crippen LogP contribution >= 0.6 is 11.3 Å². The van der Waals surface area contributed by atoms with Crippen molar-refractivity contribution >= 4 is 45.9 Å². The van der Waals surface area contributed by atoms with Gasteiger partial charge in [0.25, 0.3) is 5.91 Å². The number of carbonyl (C=O) groups is 5. The van der Waals surface area contributed by atoms with Gasteiger partial charge in [0, 0.05) is 11.3 Å². The summed E-state index contributed by atoms with van der Waals surface area (Å²) < 4.78 is 15.1. The molecule has 2 N–H and O–H groups in total. The maximum Gasteiger partial charge on any atom is 0.355 e. The van der Waals surface area contributed by atoms with Gasteiger partial charge >= 0.3 is 17.9 Å². The first kappa shape index (κ1) is 25.8. The van der Waals surface area contributed by atoms with Gasteiger partial charge in [0.1, 0.15) is 15.6 Å². The quantitative estimate of drug-likeness (QED) is 0.318. The van der Waals surface area contributed by atoms with Crippen LogP contribution in [0.25, 0.3) is 0 Å². The van der Waals surface area contributed by atoms with Crippen molar-refractivity contribution in [3.05, 3.63) is 38.5 Å². The third kappa shape index (κ3) is 5.67. The first-order valence-electron chi connectivity index (χ1n) is 10.2. The number of aromatic amines is 1. The van der Waals surface area contributed by atoms with E-state index in [9.17, 15) is 24.0 Å². The molecule has 10 nitrogen and oxygen atoms in total. The van der Waals surface area contributed by atoms with E-state index in [-0.39, 0.29) is 40.1 Å². The summed E-state index contributed by atoms with van der Waals surface area (Å²) in [5.74, 6) is -3.06. The van der Waals surface area contributed by atoms with Gasteiger partial charge in [-0.15, -0.1) is 11.3 Å². The Bertz CT molecular complexity index is 1110. The Balaban J connectivity index is 2.19. The monoisotopic (exact) mass is 478 g/mol. The first-order valence-corrected chi connectivity index (χ1v) is 11.0. The summed E-state index contributed by atoms with van der Waals surface area (Å²) in [6.45, 7) is 9.07. The van der Waals surface area contributed by atoms with Crippen molar-refractivity contribution in [1.82, 2.24) is 4.98 Å². The molecule has 33 heavy (non-hydrogen) atoms. The van der Waals surface area contributed by atoms with Crippen LogP contribution in [-0.2, 0) is 19.0 Å². The number of aryl methyl sites for hydroxylation is 1. The molecule has 0 aliphatic heterocycles. The van der Waals surface area contributed by atoms with Crippen LogP contribution in [0.2, 0.25) is 0 Å². The highest BCUT2D eigenvalue weighted by molar-refractivity contribution is 7.18. The zero-order valence-electron chi connectivity index (χ0n) is 19.3. The number of aromatic nitrogens is 1. The molecule has 0 spiro atoms. The van der Waals surface area contributed by atoms with E-state index >= 15 is 0 Å². The number of thiophene rings is 1. The largest absolute Gasteiger partial charge is 0.462 e. The van der Waals surface area contributed by atoms with Crippen LogP contribution < -0.4 is 5.32 Å². The van der Waals surface area contributed by atoms with Crippen molar-refractivity contribution < 1.29 is 38.2 Å². The number of hydrogen-bond donors (Lipinski definition) is 2. The number of esters is 3. The number of rotatable bonds is 9. The summed E-state index contributed by atoms with van der Waals surface area (Å²) in [4.78, 5) is 64.2. The lowest BCUT2D eigenvalue weighted by molar-refractivity contribution is -0.119. The Kier molecular flexibility index (Phi) is 8.52. The molecular formula is C22H26N2O8S. The van der Waals surface area contributed by atoms with Crippen LogP contribution in [-0.4, -0.2) is 54.4 Å². The molecule has 0 radical (unpaired) electrons. The molecule has 2 aromatic heterocycles. The van der Waals surface area contributed by atoms with E-state index in [0.717, 1.165) is 11.3 Å². The normalized spacial score (nSPS) is 10.5. The zero-order valence-corrected chi connectivity index (χ0v) is 20.1. The van der Waals surface area contributed by atoms with Gasteiger partial charge < -0.3 is 24.5 Å². The minimum Gasteiger partial charge on any atom is -0.462 e. The van der Waals surface area contributed by atoms with E-state index in [4.69, 9.17) is 14.2 Å². The second-order valence-corrected chi connectivity index (χ2v) is 8.03. The summed E-state index contributed by atoms with van der Waals surface area (Å²) in [5.41, 5.74) is 1.78. The highest BCUT2D eigenvalue weighted by Crippen LogP contribution is 2.34. The fraction of sp³-hybridized carbons (Fsp3) is 0.409. The number of ketones is 1. The summed E-state index contributed by atoms with van der Waals surface area (Å²) in [6, 6.07) is 0. The fourth-order valence-corrected chi connectivity index (χ4v) is 4.40. The standard InChI is InChI=1S/C22H26N2O8S/c1-7-30-20(27)16-11(4)18(22(29)31-8-2)33-19(16)24-14(26)9-32-21(28)17-10(3)15(13(6)25)12(5)23-17/h23H,7-9H2,1-6H3,(H,24,26). The third-order valence-corrected chi connectivity index (χ3v) is 5.86. The molecule has 2 rings (SSSR count). The third-order valence-electron chi connectivity index (χ3n) is 4.67. The van der Waals surface area contributed by atoms with Gasteiger partial charge in [0.15, 0.2) is 12.4 Å². The van der Waals surface area contributed by atoms with Crippen LogP contribution in [0.4, 0.5) is 5.00 Å². The number of ether oxygens (including phenoxy) is 3. The van der Waals surface area contributed by atoms with E-state index in [1.807, 2.05) is 0 Å². The lowest BCUT2D eigenvalue weighted by Gasteiger charge is -2.08. The van der Waals surface area contributed by atoms with Crippen LogP contribution in [0.15, 0.2) is 0 Å². The van der Waals surface area contributed by atoms with Crippen molar-refractivity contribution in [2.75, 3.05) is 25.1 Å². The average molecular weight is 479 g/mol. The maximum absolute atomic E-state index is 12.4. The predicted molar refractivity (Wildman–Crippen MR) is 120 cm³/mol. The molecule has 0 fully saturated rings. The first-order chi connectivity index (χ1) is 15.5. The minimum absolute atomic E-state index is 0.0338. The topological polar surface area (TPSA) is 141 Å². The summed E-state index contributed by atoms with van der Waals surface area (Å²) in [5, 5.41) is 2.58. The Labute approximate surface area is 194 Å². The molecule has 0 aromatic carbocycles. The van der Waals surface area contributed by atoms with Crippen LogP contribution in [0.3, 0.4) is 0 Å². The van der Waals surface area contributed by atoms with Crippen LogP contribution in [0.1, 0.15) is 78.5 Å². The lowest BCUT2D eigenvalue weighted by atomic mass is 10.1. The fourth-order valence-electron chi connectivity index (χ4n) is 3.29. The van der Waals surface area contributed by atoms with Gasteiger partial charge in [-0.3, -0.25) is 9.59 Å². The number of H-pyrrole nitrogens is 1. The number of nitrogens with one attached hydrogen (secondary N) is 2. The highest BCUT2D eigenvalue weighted by Gasteiger charge is 2.28. The van der Waals surface area contributed by atoms with Crippen molar-refractivity contribution in [2.24, 2.45) is 0 Å². The molecule has 0 saturated carbocycles. The van der Waals surface area contributed by atoms with E-state index < -0.39 is 30.4 Å². The summed E-state index contributed by atoms with van der Waals surface area (Å²) in [6.07, 6.45) is 0. The molecule has 178 valence electrons. The molecular weight excluding hydrogens is 452 g/mol. The summed E-state index contributed by atoms with van der Waals surface area (Å²) in [7, 11) is 0. The molecule has 0 atom stereocenters. The number of amides is 1. The van der Waals surface area contributed by atoms with E-state index in [1.54, 1.807) is 34.6 Å². The van der Waals surface area contributed by atoms with E-state index in [2.05, 4.69) is 10.3 Å². The van der Waals surface area contributed by atoms with Gasteiger partial charge in [-0.1, -0.05) is 0 Å². The molecule has 0 aliphatic carbocycles. The molecule has 2 heterocycles. The lowest BCUT2D eigenvalue weighted by Crippen LogP contribution is -2.22. The van der Waals surface area contributed by atoms with Crippen LogP contribution in [0.5, 0.6) is 0 Å². The smallest absolute Gasteiger partial charge is 0.355 e. The van der Waals surface area contributed by atoms with Gasteiger partial charge in [0.2, 0.25) is 0 Å². The minimum atomic E-state index is -0.807. The number of carbonyl (C=O) groups excluding carboxylic acids is 5. The van der Waals surface area contributed by atoms with Gasteiger partial charge in [-0.25, -0.2) is 14.4 Å². The highest BCUT2D eigenvalue weighted by atomic mass is 32.1. The zero-order chi connectivity index (χ0) is 24.9. The number of anilines is 1. The van der Waals surface area contributed by atoms with Gasteiger partial charge in [-0.2, -0.15) is 0 Å². The second-order valence-electron chi connectivity index (χ2n) is 7.01. The number of Topliss-reactive ketones (excluding diaryl/α,β-unsaturated/α-hetero) is 1. The Hall–Kier alpha value is -3.47. The van der Waals surface area contributed by atoms with Crippen molar-refractivity contribution in [1.29, 1.82) is 0 Å². The molecule has 1 amide bonds. The average Bonchev–Trinajstić information content (AvgIpc) is 3.22. The predicted octanol–water partition coefficient (Wildman–Crippen LogP) is 3.35. The van der Waals surface area contributed by atoms with E-state index in [0.29, 0.717) is 22.4 Å². The molecule has 2 aromatic rings. The Morgan fingerprint density at radius 3 is 2.00 bits per heavy atom. The maximum atomic E-state index is 12.4. The van der Waals surface area contributed by atoms with Crippen molar-refractivity contribution in [3.63, 3.8) is 0 Å². The Morgan fingerprint density at radius 2 is 1.45 bits per heavy atom. The van der Waals surface area contributed by atoms with Gasteiger partial charge in [0.05, 0.1) is 18.8 Å². The molecule has 0 saturated heterocycles. The SMILES string of the molecule is CCOC(=O)c1sc(NC(=O)COC(=O)c2[nH]c(C)c(C(C)=O)c2C)c(C(=O)OCC)c1C. The molecule has 11 heteroatoms. The second kappa shape index (κ2) is 10.9. The molecule has 0 unspecified atom stereocenters.